The van der Waals surface area contributed by atoms with Crippen molar-refractivity contribution in [3.8, 4) is 5.75 Å². The number of nitrogens with one attached hydrogen (secondary N) is 2. The monoisotopic (exact) mass is 401 g/mol. The number of carbonyl (C=O) groups is 2. The molecular weight excluding hydrogens is 374 g/mol. The van der Waals surface area contributed by atoms with Gasteiger partial charge < -0.3 is 15.4 Å². The van der Waals surface area contributed by atoms with Crippen molar-refractivity contribution < 1.29 is 14.3 Å². The predicted octanol–water partition coefficient (Wildman–Crippen LogP) is 3.52. The number of carbonyl (C=O) groups excluding carboxylic acids is 2. The molecule has 1 fully saturated rings. The molecule has 6 nitrogen and oxygen atoms in total. The molecule has 0 radical (unpaired) electrons. The highest BCUT2D eigenvalue weighted by molar-refractivity contribution is 7.09. The van der Waals surface area contributed by atoms with Gasteiger partial charge >= 0.3 is 0 Å². The lowest BCUT2D eigenvalue weighted by Gasteiger charge is -2.32. The lowest BCUT2D eigenvalue weighted by atomic mass is 9.90. The molecule has 0 bridgehead atoms. The van der Waals surface area contributed by atoms with Crippen molar-refractivity contribution >= 4 is 23.2 Å². The molecule has 2 N–H and O–H groups in total. The smallest absolute Gasteiger partial charge is 0.271 e. The molecule has 150 valence electrons. The third kappa shape index (κ3) is 5.55. The van der Waals surface area contributed by atoms with Crippen molar-refractivity contribution in [2.24, 2.45) is 0 Å². The fourth-order valence-electron chi connectivity index (χ4n) is 3.62. The van der Waals surface area contributed by atoms with Crippen LogP contribution in [0.15, 0.2) is 23.6 Å². The highest BCUT2D eigenvalue weighted by Crippen LogP contribution is 2.21. The number of aromatic nitrogens is 1. The van der Waals surface area contributed by atoms with Crippen molar-refractivity contribution in [1.82, 2.24) is 15.6 Å². The first-order valence-electron chi connectivity index (χ1n) is 9.64. The minimum Gasteiger partial charge on any atom is -0.486 e. The zero-order valence-electron chi connectivity index (χ0n) is 16.6. The molecule has 7 heteroatoms. The van der Waals surface area contributed by atoms with E-state index < -0.39 is 0 Å². The van der Waals surface area contributed by atoms with Crippen LogP contribution < -0.4 is 15.4 Å². The van der Waals surface area contributed by atoms with E-state index in [1.807, 2.05) is 26.0 Å². The Labute approximate surface area is 169 Å². The molecule has 1 aromatic carbocycles. The van der Waals surface area contributed by atoms with Crippen molar-refractivity contribution in [2.45, 2.75) is 65.1 Å². The Kier molecular flexibility index (Phi) is 6.67. The summed E-state index contributed by atoms with van der Waals surface area (Å²) in [6.45, 7) is 5.91. The van der Waals surface area contributed by atoms with E-state index in [9.17, 15) is 9.59 Å². The summed E-state index contributed by atoms with van der Waals surface area (Å²) >= 11 is 1.41. The van der Waals surface area contributed by atoms with Crippen molar-refractivity contribution in [2.75, 3.05) is 0 Å². The van der Waals surface area contributed by atoms with E-state index >= 15 is 0 Å². The number of thiazole rings is 1. The van der Waals surface area contributed by atoms with Crippen molar-refractivity contribution in [3.63, 3.8) is 0 Å². The lowest BCUT2D eigenvalue weighted by molar-refractivity contribution is -0.120. The lowest BCUT2D eigenvalue weighted by Crippen LogP contribution is -2.52. The van der Waals surface area contributed by atoms with Gasteiger partial charge in [0.05, 0.1) is 0 Å². The largest absolute Gasteiger partial charge is 0.486 e. The van der Waals surface area contributed by atoms with E-state index in [1.165, 1.54) is 18.3 Å². The quantitative estimate of drug-likeness (QED) is 0.776. The van der Waals surface area contributed by atoms with Crippen LogP contribution >= 0.6 is 11.3 Å². The molecule has 0 saturated heterocycles. The molecule has 1 aliphatic carbocycles. The maximum absolute atomic E-state index is 12.6. The average molecular weight is 402 g/mol. The predicted molar refractivity (Wildman–Crippen MR) is 110 cm³/mol. The zero-order chi connectivity index (χ0) is 20.1. The van der Waals surface area contributed by atoms with Crippen LogP contribution in [0.5, 0.6) is 5.75 Å². The second kappa shape index (κ2) is 9.19. The van der Waals surface area contributed by atoms with E-state index in [0.29, 0.717) is 12.3 Å². The summed E-state index contributed by atoms with van der Waals surface area (Å²) in [7, 11) is 0. The van der Waals surface area contributed by atoms with Crippen LogP contribution in [-0.2, 0) is 11.4 Å². The van der Waals surface area contributed by atoms with Crippen LogP contribution in [0.1, 0.15) is 59.2 Å². The molecule has 2 amide bonds. The SMILES string of the molecule is CC(=O)N[C@@H]1CCCC[C@@H]1NC(=O)c1csc(COc2cc(C)cc(C)c2)n1. The summed E-state index contributed by atoms with van der Waals surface area (Å²) in [6, 6.07) is 6.00. The molecule has 28 heavy (non-hydrogen) atoms. The molecule has 0 unspecified atom stereocenters. The van der Waals surface area contributed by atoms with Gasteiger partial charge in [-0.3, -0.25) is 9.59 Å². The number of amides is 2. The van der Waals surface area contributed by atoms with Crippen LogP contribution in [0, 0.1) is 13.8 Å². The van der Waals surface area contributed by atoms with E-state index in [2.05, 4.69) is 21.7 Å². The third-order valence-corrected chi connectivity index (χ3v) is 5.64. The minimum absolute atomic E-state index is 0.0128. The summed E-state index contributed by atoms with van der Waals surface area (Å²) in [5.41, 5.74) is 2.70. The third-order valence-electron chi connectivity index (χ3n) is 4.81. The first-order chi connectivity index (χ1) is 13.4. The number of hydrogen-bond donors (Lipinski definition) is 2. The van der Waals surface area contributed by atoms with Crippen LogP contribution in [0.25, 0.3) is 0 Å². The standard InChI is InChI=1S/C21H27N3O3S/c1-13-8-14(2)10-16(9-13)27-11-20-23-19(12-28-20)21(26)24-18-7-5-4-6-17(18)22-15(3)25/h8-10,12,17-18H,4-7,11H2,1-3H3,(H,22,25)(H,24,26)/t17-,18+/m1/s1. The normalized spacial score (nSPS) is 19.1. The topological polar surface area (TPSA) is 80.3 Å². The Morgan fingerprint density at radius 3 is 2.39 bits per heavy atom. The maximum atomic E-state index is 12.6. The maximum Gasteiger partial charge on any atom is 0.271 e. The zero-order valence-corrected chi connectivity index (χ0v) is 17.4. The van der Waals surface area contributed by atoms with Gasteiger partial charge in [0.2, 0.25) is 5.91 Å². The number of ether oxygens (including phenoxy) is 1. The molecule has 3 rings (SSSR count). The van der Waals surface area contributed by atoms with Gasteiger partial charge in [-0.05, 0) is 49.9 Å². The Morgan fingerprint density at radius 2 is 1.75 bits per heavy atom. The Bertz CT molecular complexity index is 829. The molecule has 0 aliphatic heterocycles. The summed E-state index contributed by atoms with van der Waals surface area (Å²) in [5, 5.41) is 8.50. The van der Waals surface area contributed by atoms with Gasteiger partial charge in [0.25, 0.3) is 5.91 Å². The first-order valence-corrected chi connectivity index (χ1v) is 10.5. The van der Waals surface area contributed by atoms with Gasteiger partial charge in [-0.2, -0.15) is 0 Å². The molecule has 1 aromatic heterocycles. The molecule has 1 saturated carbocycles. The van der Waals surface area contributed by atoms with Crippen LogP contribution in [0.4, 0.5) is 0 Å². The average Bonchev–Trinajstić information content (AvgIpc) is 3.10. The fourth-order valence-corrected chi connectivity index (χ4v) is 4.31. The summed E-state index contributed by atoms with van der Waals surface area (Å²) in [4.78, 5) is 28.4. The van der Waals surface area contributed by atoms with E-state index in [1.54, 1.807) is 5.38 Å². The van der Waals surface area contributed by atoms with E-state index in [0.717, 1.165) is 47.6 Å². The van der Waals surface area contributed by atoms with Gasteiger partial charge in [-0.15, -0.1) is 11.3 Å². The van der Waals surface area contributed by atoms with Gasteiger partial charge in [0.15, 0.2) is 0 Å². The van der Waals surface area contributed by atoms with Gasteiger partial charge in [0, 0.05) is 24.4 Å². The van der Waals surface area contributed by atoms with Gasteiger partial charge in [-0.25, -0.2) is 4.98 Å². The minimum atomic E-state index is -0.198. The first kappa shape index (κ1) is 20.3. The number of hydrogen-bond acceptors (Lipinski definition) is 5. The van der Waals surface area contributed by atoms with Gasteiger partial charge in [0.1, 0.15) is 23.1 Å². The Hall–Kier alpha value is -2.41. The molecular formula is C21H27N3O3S. The van der Waals surface area contributed by atoms with Crippen molar-refractivity contribution in [3.05, 3.63) is 45.4 Å². The molecule has 1 aliphatic rings. The van der Waals surface area contributed by atoms with Crippen LogP contribution in [0.2, 0.25) is 0 Å². The van der Waals surface area contributed by atoms with Gasteiger partial charge in [-0.1, -0.05) is 18.9 Å². The number of benzene rings is 1. The number of aryl methyl sites for hydroxylation is 2. The highest BCUT2D eigenvalue weighted by Gasteiger charge is 2.28. The molecule has 2 aromatic rings. The summed E-state index contributed by atoms with van der Waals surface area (Å²) < 4.78 is 5.83. The molecule has 2 atom stereocenters. The second-order valence-corrected chi connectivity index (χ2v) is 8.35. The van der Waals surface area contributed by atoms with E-state index in [-0.39, 0.29) is 23.9 Å². The number of rotatable bonds is 6. The summed E-state index contributed by atoms with van der Waals surface area (Å²) in [6.07, 6.45) is 3.86. The molecule has 0 spiro atoms. The van der Waals surface area contributed by atoms with Crippen molar-refractivity contribution in [1.29, 1.82) is 0 Å². The van der Waals surface area contributed by atoms with Crippen LogP contribution in [0.3, 0.4) is 0 Å². The Morgan fingerprint density at radius 1 is 1.11 bits per heavy atom. The second-order valence-electron chi connectivity index (χ2n) is 7.41. The van der Waals surface area contributed by atoms with E-state index in [4.69, 9.17) is 4.74 Å². The number of nitrogens with zero attached hydrogens (tertiary/aromatic N) is 1. The Balaban J connectivity index is 1.58. The fraction of sp³-hybridized carbons (Fsp3) is 0.476. The molecule has 1 heterocycles. The van der Waals surface area contributed by atoms with Crippen LogP contribution in [-0.4, -0.2) is 28.9 Å². The summed E-state index contributed by atoms with van der Waals surface area (Å²) in [5.74, 6) is 0.542. The highest BCUT2D eigenvalue weighted by atomic mass is 32.1.